The summed E-state index contributed by atoms with van der Waals surface area (Å²) in [7, 11) is -3.65. The number of hydrogen-bond acceptors (Lipinski definition) is 5. The van der Waals surface area contributed by atoms with Crippen molar-refractivity contribution in [3.05, 3.63) is 17.3 Å². The first kappa shape index (κ1) is 15.5. The lowest BCUT2D eigenvalue weighted by molar-refractivity contribution is 0.457. The predicted molar refractivity (Wildman–Crippen MR) is 78.7 cm³/mol. The SMILES string of the molecule is CC1(C)C(NS(=O)(=O)c2cnc(NN)c(Cl)c2)C1(C)C. The van der Waals surface area contributed by atoms with Crippen molar-refractivity contribution in [2.24, 2.45) is 16.7 Å². The van der Waals surface area contributed by atoms with Crippen LogP contribution in [0.2, 0.25) is 5.02 Å². The van der Waals surface area contributed by atoms with Gasteiger partial charge < -0.3 is 5.43 Å². The van der Waals surface area contributed by atoms with Crippen LogP contribution in [0.15, 0.2) is 17.2 Å². The van der Waals surface area contributed by atoms with Crippen LogP contribution in [0.4, 0.5) is 5.82 Å². The third-order valence-corrected chi connectivity index (χ3v) is 6.23. The van der Waals surface area contributed by atoms with Gasteiger partial charge in [0.1, 0.15) is 4.90 Å². The number of aromatic nitrogens is 1. The zero-order valence-corrected chi connectivity index (χ0v) is 13.4. The van der Waals surface area contributed by atoms with Gasteiger partial charge in [-0.15, -0.1) is 0 Å². The molecule has 6 nitrogen and oxygen atoms in total. The number of nitrogens with one attached hydrogen (secondary N) is 2. The Morgan fingerprint density at radius 2 is 1.85 bits per heavy atom. The number of anilines is 1. The second-order valence-electron chi connectivity index (χ2n) is 6.14. The molecule has 0 aliphatic heterocycles. The van der Waals surface area contributed by atoms with Crippen LogP contribution in [0.1, 0.15) is 27.7 Å². The summed E-state index contributed by atoms with van der Waals surface area (Å²) in [5, 5.41) is 0.157. The molecule has 0 amide bonds. The fourth-order valence-electron chi connectivity index (χ4n) is 2.39. The molecular formula is C12H19ClN4O2S. The minimum atomic E-state index is -3.65. The van der Waals surface area contributed by atoms with E-state index in [4.69, 9.17) is 17.4 Å². The number of rotatable bonds is 4. The van der Waals surface area contributed by atoms with Gasteiger partial charge in [0.2, 0.25) is 10.0 Å². The predicted octanol–water partition coefficient (Wildman–Crippen LogP) is 1.73. The van der Waals surface area contributed by atoms with Crippen LogP contribution in [0.5, 0.6) is 0 Å². The Kier molecular flexibility index (Phi) is 3.53. The fourth-order valence-corrected chi connectivity index (χ4v) is 4.17. The van der Waals surface area contributed by atoms with E-state index in [1.54, 1.807) is 0 Å². The van der Waals surface area contributed by atoms with Crippen molar-refractivity contribution in [3.63, 3.8) is 0 Å². The van der Waals surface area contributed by atoms with Crippen molar-refractivity contribution in [2.45, 2.75) is 38.6 Å². The molecule has 1 aliphatic carbocycles. The first-order chi connectivity index (χ1) is 9.04. The number of nitrogen functional groups attached to an aromatic ring is 1. The van der Waals surface area contributed by atoms with Crippen LogP contribution in [0.25, 0.3) is 0 Å². The van der Waals surface area contributed by atoms with Crippen LogP contribution in [0, 0.1) is 10.8 Å². The first-order valence-corrected chi connectivity index (χ1v) is 8.04. The standard InChI is InChI=1S/C12H19ClN4O2S/c1-11(2)10(12(11,3)4)17-20(18,19)7-5-8(13)9(16-14)15-6-7/h5-6,10,17H,14H2,1-4H3,(H,15,16). The van der Waals surface area contributed by atoms with E-state index < -0.39 is 10.0 Å². The Morgan fingerprint density at radius 3 is 2.25 bits per heavy atom. The van der Waals surface area contributed by atoms with E-state index in [2.05, 4.69) is 15.1 Å². The maximum absolute atomic E-state index is 12.3. The van der Waals surface area contributed by atoms with E-state index in [0.29, 0.717) is 0 Å². The highest BCUT2D eigenvalue weighted by molar-refractivity contribution is 7.89. The Balaban J connectivity index is 2.27. The second kappa shape index (κ2) is 4.56. The van der Waals surface area contributed by atoms with E-state index in [1.807, 2.05) is 27.7 Å². The summed E-state index contributed by atoms with van der Waals surface area (Å²) < 4.78 is 27.4. The van der Waals surface area contributed by atoms with Crippen LogP contribution >= 0.6 is 11.6 Å². The third-order valence-electron chi connectivity index (χ3n) is 4.56. The fraction of sp³-hybridized carbons (Fsp3) is 0.583. The van der Waals surface area contributed by atoms with Gasteiger partial charge in [-0.05, 0) is 16.9 Å². The summed E-state index contributed by atoms with van der Waals surface area (Å²) in [5.74, 6) is 5.44. The lowest BCUT2D eigenvalue weighted by Gasteiger charge is -2.09. The van der Waals surface area contributed by atoms with E-state index >= 15 is 0 Å². The molecule has 0 bridgehead atoms. The van der Waals surface area contributed by atoms with E-state index in [9.17, 15) is 8.42 Å². The molecule has 112 valence electrons. The van der Waals surface area contributed by atoms with Crippen LogP contribution in [-0.2, 0) is 10.0 Å². The molecule has 0 radical (unpaired) electrons. The lowest BCUT2D eigenvalue weighted by atomic mass is 10.0. The van der Waals surface area contributed by atoms with Crippen molar-refractivity contribution >= 4 is 27.4 Å². The van der Waals surface area contributed by atoms with Crippen molar-refractivity contribution in [1.82, 2.24) is 9.71 Å². The van der Waals surface area contributed by atoms with Crippen molar-refractivity contribution in [2.75, 3.05) is 5.43 Å². The summed E-state index contributed by atoms with van der Waals surface area (Å²) in [6, 6.07) is 1.21. The molecule has 0 unspecified atom stereocenters. The highest BCUT2D eigenvalue weighted by atomic mass is 35.5. The quantitative estimate of drug-likeness (QED) is 0.580. The Bertz CT molecular complexity index is 629. The van der Waals surface area contributed by atoms with Gasteiger partial charge >= 0.3 is 0 Å². The Morgan fingerprint density at radius 1 is 1.30 bits per heavy atom. The molecule has 1 aliphatic rings. The van der Waals surface area contributed by atoms with Crippen molar-refractivity contribution in [3.8, 4) is 0 Å². The summed E-state index contributed by atoms with van der Waals surface area (Å²) in [5.41, 5.74) is 2.12. The van der Waals surface area contributed by atoms with E-state index in [1.165, 1.54) is 12.3 Å². The molecule has 1 aromatic heterocycles. The minimum absolute atomic E-state index is 0.0278. The Hall–Kier alpha value is -0.890. The zero-order chi connectivity index (χ0) is 15.3. The molecule has 2 rings (SSSR count). The molecule has 0 aromatic carbocycles. The molecule has 1 saturated carbocycles. The second-order valence-corrected chi connectivity index (χ2v) is 8.26. The summed E-state index contributed by atoms with van der Waals surface area (Å²) in [4.78, 5) is 3.90. The molecule has 0 atom stereocenters. The average Bonchev–Trinajstić information content (AvgIpc) is 2.71. The minimum Gasteiger partial charge on any atom is -0.307 e. The number of sulfonamides is 1. The number of hydrogen-bond donors (Lipinski definition) is 3. The molecule has 4 N–H and O–H groups in total. The molecule has 0 spiro atoms. The maximum Gasteiger partial charge on any atom is 0.242 e. The largest absolute Gasteiger partial charge is 0.307 e. The highest BCUT2D eigenvalue weighted by Crippen LogP contribution is 2.62. The molecule has 0 saturated heterocycles. The van der Waals surface area contributed by atoms with Gasteiger partial charge in [0.25, 0.3) is 0 Å². The van der Waals surface area contributed by atoms with Crippen LogP contribution in [-0.4, -0.2) is 19.4 Å². The van der Waals surface area contributed by atoms with Gasteiger partial charge in [0, 0.05) is 12.2 Å². The normalized spacial score (nSPS) is 20.7. The molecule has 1 fully saturated rings. The zero-order valence-electron chi connectivity index (χ0n) is 11.9. The first-order valence-electron chi connectivity index (χ1n) is 6.18. The van der Waals surface area contributed by atoms with Gasteiger partial charge in [0.05, 0.1) is 5.02 Å². The van der Waals surface area contributed by atoms with Gasteiger partial charge in [0.15, 0.2) is 5.82 Å². The number of nitrogens with two attached hydrogens (primary N) is 1. The monoisotopic (exact) mass is 318 g/mol. The maximum atomic E-state index is 12.3. The summed E-state index contributed by atoms with van der Waals surface area (Å²) >= 11 is 5.90. The molecule has 8 heteroatoms. The molecule has 1 heterocycles. The smallest absolute Gasteiger partial charge is 0.242 e. The number of pyridine rings is 1. The summed E-state index contributed by atoms with van der Waals surface area (Å²) in [6.45, 7) is 8.14. The highest BCUT2D eigenvalue weighted by Gasteiger charge is 2.66. The molecule has 20 heavy (non-hydrogen) atoms. The van der Waals surface area contributed by atoms with E-state index in [0.717, 1.165) is 0 Å². The molecular weight excluding hydrogens is 300 g/mol. The number of halogens is 1. The van der Waals surface area contributed by atoms with Gasteiger partial charge in [-0.2, -0.15) is 0 Å². The topological polar surface area (TPSA) is 97.1 Å². The number of nitrogens with zero attached hydrogens (tertiary/aromatic N) is 1. The van der Waals surface area contributed by atoms with E-state index in [-0.39, 0.29) is 32.6 Å². The molecule has 1 aromatic rings. The van der Waals surface area contributed by atoms with Crippen molar-refractivity contribution in [1.29, 1.82) is 0 Å². The van der Waals surface area contributed by atoms with Gasteiger partial charge in [-0.25, -0.2) is 24.0 Å². The Labute approximate surface area is 124 Å². The van der Waals surface area contributed by atoms with Crippen LogP contribution in [0.3, 0.4) is 0 Å². The van der Waals surface area contributed by atoms with Gasteiger partial charge in [-0.3, -0.25) is 0 Å². The average molecular weight is 319 g/mol. The number of hydrazine groups is 1. The summed E-state index contributed by atoms with van der Waals surface area (Å²) in [6.07, 6.45) is 1.23. The van der Waals surface area contributed by atoms with Crippen LogP contribution < -0.4 is 16.0 Å². The lowest BCUT2D eigenvalue weighted by Crippen LogP contribution is -2.30. The van der Waals surface area contributed by atoms with Crippen molar-refractivity contribution < 1.29 is 8.42 Å². The van der Waals surface area contributed by atoms with Gasteiger partial charge in [-0.1, -0.05) is 39.3 Å². The third kappa shape index (κ3) is 2.28.